The Labute approximate surface area is 132 Å². The molecule has 2 aromatic carbocycles. The van der Waals surface area contributed by atoms with Crippen molar-refractivity contribution < 1.29 is 14.5 Å². The minimum Gasteiger partial charge on any atom is -0.497 e. The molecule has 2 rings (SSSR count). The number of carbonyl (C=O) groups is 1. The van der Waals surface area contributed by atoms with Crippen molar-refractivity contribution in [3.05, 3.63) is 69.8 Å². The number of hydrogen-bond acceptors (Lipinski definition) is 5. The normalized spacial score (nSPS) is 11.0. The third kappa shape index (κ3) is 4.13. The Hall–Kier alpha value is -3.22. The lowest BCUT2D eigenvalue weighted by Gasteiger charge is -2.05. The van der Waals surface area contributed by atoms with Crippen molar-refractivity contribution in [1.82, 2.24) is 5.43 Å². The van der Waals surface area contributed by atoms with Crippen LogP contribution in [0.2, 0.25) is 0 Å². The zero-order chi connectivity index (χ0) is 16.8. The molecular formula is C16H15N3O4. The van der Waals surface area contributed by atoms with Crippen molar-refractivity contribution >= 4 is 17.3 Å². The van der Waals surface area contributed by atoms with E-state index in [-0.39, 0.29) is 11.3 Å². The average Bonchev–Trinajstić information content (AvgIpc) is 2.59. The smallest absolute Gasteiger partial charge is 0.271 e. The van der Waals surface area contributed by atoms with Gasteiger partial charge in [0.2, 0.25) is 0 Å². The maximum atomic E-state index is 12.0. The molecule has 0 aromatic heterocycles. The highest BCUT2D eigenvalue weighted by atomic mass is 16.6. The van der Waals surface area contributed by atoms with Crippen LogP contribution in [0.4, 0.5) is 5.69 Å². The van der Waals surface area contributed by atoms with Crippen molar-refractivity contribution in [1.29, 1.82) is 0 Å². The number of hydrogen-bond donors (Lipinski definition) is 1. The molecule has 0 aliphatic heterocycles. The number of carbonyl (C=O) groups excluding carboxylic acids is 1. The summed E-state index contributed by atoms with van der Waals surface area (Å²) in [6, 6.07) is 12.6. The number of rotatable bonds is 5. The summed E-state index contributed by atoms with van der Waals surface area (Å²) < 4.78 is 5.13. The topological polar surface area (TPSA) is 93.8 Å². The first-order chi connectivity index (χ1) is 11.0. The molecular weight excluding hydrogens is 298 g/mol. The first-order valence-corrected chi connectivity index (χ1v) is 6.75. The first kappa shape index (κ1) is 16.2. The molecule has 0 radical (unpaired) electrons. The lowest BCUT2D eigenvalue weighted by molar-refractivity contribution is -0.384. The number of methoxy groups -OCH3 is 1. The average molecular weight is 313 g/mol. The lowest BCUT2D eigenvalue weighted by atomic mass is 10.1. The van der Waals surface area contributed by atoms with Crippen LogP contribution in [0.1, 0.15) is 22.8 Å². The summed E-state index contributed by atoms with van der Waals surface area (Å²) in [5.41, 5.74) is 4.06. The Bertz CT molecular complexity index is 754. The summed E-state index contributed by atoms with van der Waals surface area (Å²) in [5.74, 6) is 0.251. The van der Waals surface area contributed by atoms with Gasteiger partial charge in [-0.15, -0.1) is 0 Å². The monoisotopic (exact) mass is 313 g/mol. The van der Waals surface area contributed by atoms with E-state index in [4.69, 9.17) is 4.74 Å². The molecule has 1 amide bonds. The van der Waals surface area contributed by atoms with Gasteiger partial charge in [-0.3, -0.25) is 14.9 Å². The number of nitro benzene ring substituents is 1. The van der Waals surface area contributed by atoms with E-state index in [2.05, 4.69) is 10.5 Å². The molecule has 2 aromatic rings. The summed E-state index contributed by atoms with van der Waals surface area (Å²) in [6.45, 7) is 1.75. The highest BCUT2D eigenvalue weighted by Gasteiger charge is 2.09. The van der Waals surface area contributed by atoms with Crippen LogP contribution in [-0.4, -0.2) is 23.7 Å². The summed E-state index contributed by atoms with van der Waals surface area (Å²) >= 11 is 0. The van der Waals surface area contributed by atoms with Gasteiger partial charge >= 0.3 is 0 Å². The van der Waals surface area contributed by atoms with Crippen LogP contribution >= 0.6 is 0 Å². The Morgan fingerprint density at radius 1 is 1.17 bits per heavy atom. The van der Waals surface area contributed by atoms with Crippen molar-refractivity contribution in [2.75, 3.05) is 7.11 Å². The highest BCUT2D eigenvalue weighted by molar-refractivity contribution is 6.01. The molecule has 0 saturated heterocycles. The zero-order valence-corrected chi connectivity index (χ0v) is 12.6. The fourth-order valence-electron chi connectivity index (χ4n) is 1.85. The van der Waals surface area contributed by atoms with Crippen LogP contribution in [0, 0.1) is 10.1 Å². The fourth-order valence-corrected chi connectivity index (χ4v) is 1.85. The Kier molecular flexibility index (Phi) is 5.03. The Morgan fingerprint density at radius 2 is 1.87 bits per heavy atom. The van der Waals surface area contributed by atoms with Gasteiger partial charge < -0.3 is 4.74 Å². The van der Waals surface area contributed by atoms with Gasteiger partial charge in [-0.2, -0.15) is 5.10 Å². The molecule has 0 bridgehead atoms. The number of hydrazone groups is 1. The molecule has 7 nitrogen and oxygen atoms in total. The number of amides is 1. The van der Waals surface area contributed by atoms with E-state index in [9.17, 15) is 14.9 Å². The molecule has 0 unspecified atom stereocenters. The van der Waals surface area contributed by atoms with Crippen molar-refractivity contribution in [2.24, 2.45) is 5.10 Å². The van der Waals surface area contributed by atoms with E-state index < -0.39 is 10.8 Å². The second-order valence-corrected chi connectivity index (χ2v) is 4.67. The van der Waals surface area contributed by atoms with Crippen molar-refractivity contribution in [3.8, 4) is 5.75 Å². The van der Waals surface area contributed by atoms with E-state index in [1.54, 1.807) is 20.1 Å². The minimum atomic E-state index is -0.521. The predicted molar refractivity (Wildman–Crippen MR) is 85.8 cm³/mol. The molecule has 118 valence electrons. The van der Waals surface area contributed by atoms with Crippen LogP contribution in [0.15, 0.2) is 53.6 Å². The fraction of sp³-hybridized carbons (Fsp3) is 0.125. The molecule has 0 aliphatic rings. The summed E-state index contributed by atoms with van der Waals surface area (Å²) in [7, 11) is 1.57. The van der Waals surface area contributed by atoms with Gasteiger partial charge in [0.1, 0.15) is 5.75 Å². The van der Waals surface area contributed by atoms with Gasteiger partial charge in [0.25, 0.3) is 11.6 Å². The van der Waals surface area contributed by atoms with Crippen LogP contribution in [0.25, 0.3) is 0 Å². The van der Waals surface area contributed by atoms with Gasteiger partial charge in [0.05, 0.1) is 17.7 Å². The maximum Gasteiger partial charge on any atom is 0.271 e. The molecule has 0 spiro atoms. The molecule has 7 heteroatoms. The molecule has 23 heavy (non-hydrogen) atoms. The molecule has 0 fully saturated rings. The molecule has 0 saturated carbocycles. The van der Waals surface area contributed by atoms with E-state index in [0.717, 1.165) is 5.56 Å². The van der Waals surface area contributed by atoms with Crippen molar-refractivity contribution in [3.63, 3.8) is 0 Å². The minimum absolute atomic E-state index is 0.0717. The van der Waals surface area contributed by atoms with Crippen LogP contribution in [-0.2, 0) is 0 Å². The number of nitrogens with zero attached hydrogens (tertiary/aromatic N) is 2. The van der Waals surface area contributed by atoms with Gasteiger partial charge in [0.15, 0.2) is 0 Å². The number of non-ortho nitro benzene ring substituents is 1. The van der Waals surface area contributed by atoms with Gasteiger partial charge in [-0.25, -0.2) is 5.43 Å². The van der Waals surface area contributed by atoms with Gasteiger partial charge in [0, 0.05) is 23.3 Å². The number of nitrogens with one attached hydrogen (secondary N) is 1. The summed E-state index contributed by atoms with van der Waals surface area (Å²) in [6.07, 6.45) is 0. The summed E-state index contributed by atoms with van der Waals surface area (Å²) in [5, 5.41) is 14.6. The quantitative estimate of drug-likeness (QED) is 0.521. The number of ether oxygens (including phenoxy) is 1. The molecule has 0 aliphatic carbocycles. The highest BCUT2D eigenvalue weighted by Crippen LogP contribution is 2.14. The largest absolute Gasteiger partial charge is 0.497 e. The zero-order valence-electron chi connectivity index (χ0n) is 12.6. The van der Waals surface area contributed by atoms with Crippen LogP contribution < -0.4 is 10.2 Å². The van der Waals surface area contributed by atoms with Crippen molar-refractivity contribution in [2.45, 2.75) is 6.92 Å². The third-order valence-electron chi connectivity index (χ3n) is 3.15. The third-order valence-corrected chi connectivity index (χ3v) is 3.15. The SMILES string of the molecule is COc1cccc(/C(C)=N/NC(=O)c2ccc([N+](=O)[O-])cc2)c1. The van der Waals surface area contributed by atoms with Gasteiger partial charge in [-0.05, 0) is 31.2 Å². The van der Waals surface area contributed by atoms with Gasteiger partial charge in [-0.1, -0.05) is 12.1 Å². The Balaban J connectivity index is 2.08. The molecule has 0 atom stereocenters. The molecule has 1 N–H and O–H groups in total. The van der Waals surface area contributed by atoms with Crippen LogP contribution in [0.5, 0.6) is 5.75 Å². The lowest BCUT2D eigenvalue weighted by Crippen LogP contribution is -2.19. The predicted octanol–water partition coefficient (Wildman–Crippen LogP) is 2.76. The van der Waals surface area contributed by atoms with E-state index >= 15 is 0 Å². The number of benzene rings is 2. The second-order valence-electron chi connectivity index (χ2n) is 4.67. The van der Waals surface area contributed by atoms with E-state index in [0.29, 0.717) is 11.5 Å². The Morgan fingerprint density at radius 3 is 2.48 bits per heavy atom. The summed E-state index contributed by atoms with van der Waals surface area (Å²) in [4.78, 5) is 22.0. The standard InChI is InChI=1S/C16H15N3O4/c1-11(13-4-3-5-15(10-13)23-2)17-18-16(20)12-6-8-14(9-7-12)19(21)22/h3-10H,1-2H3,(H,18,20)/b17-11+. The first-order valence-electron chi connectivity index (χ1n) is 6.75. The van der Waals surface area contributed by atoms with E-state index in [1.807, 2.05) is 18.2 Å². The molecule has 0 heterocycles. The maximum absolute atomic E-state index is 12.0. The van der Waals surface area contributed by atoms with E-state index in [1.165, 1.54) is 24.3 Å². The van der Waals surface area contributed by atoms with Crippen LogP contribution in [0.3, 0.4) is 0 Å². The number of nitro groups is 1. The second kappa shape index (κ2) is 7.17.